The van der Waals surface area contributed by atoms with E-state index in [1.54, 1.807) is 6.08 Å². The van der Waals surface area contributed by atoms with Crippen molar-refractivity contribution >= 4 is 5.91 Å². The summed E-state index contributed by atoms with van der Waals surface area (Å²) in [6, 6.07) is 2.01. The first-order valence-corrected chi connectivity index (χ1v) is 8.12. The van der Waals surface area contributed by atoms with Gasteiger partial charge in [-0.05, 0) is 50.7 Å². The van der Waals surface area contributed by atoms with Crippen molar-refractivity contribution in [2.45, 2.75) is 46.0 Å². The first-order chi connectivity index (χ1) is 11.7. The van der Waals surface area contributed by atoms with Crippen LogP contribution in [0.25, 0.3) is 0 Å². The van der Waals surface area contributed by atoms with Gasteiger partial charge >= 0.3 is 0 Å². The summed E-state index contributed by atoms with van der Waals surface area (Å²) < 4.78 is 0. The lowest BCUT2D eigenvalue weighted by atomic mass is 9.98. The van der Waals surface area contributed by atoms with Gasteiger partial charge in [-0.3, -0.25) is 4.79 Å². The van der Waals surface area contributed by atoms with Gasteiger partial charge in [-0.25, -0.2) is 0 Å². The monoisotopic (exact) mass is 326 g/mol. The van der Waals surface area contributed by atoms with Crippen LogP contribution in [0.5, 0.6) is 0 Å². The number of aromatic nitrogens is 1. The molecule has 130 valence electrons. The highest BCUT2D eigenvalue weighted by Gasteiger charge is 2.15. The molecule has 0 saturated heterocycles. The molecule has 0 radical (unpaired) electrons. The number of terminal acetylenes is 2. The molecule has 0 aromatic carbocycles. The van der Waals surface area contributed by atoms with Crippen LogP contribution >= 0.6 is 0 Å². The van der Waals surface area contributed by atoms with Crippen LogP contribution in [0.3, 0.4) is 0 Å². The lowest BCUT2D eigenvalue weighted by molar-refractivity contribution is 0.0949. The number of fused-ring (bicyclic) bond motifs is 1. The standard InChI is InChI=1S/C12H18N2O.C5H8.2C2H2/c1-2-7-13-12(15)11-8-9-5-3-4-6-10(9)14-11;1-3-5-4-2;2*1-2/h8,14H,2-7H2,1H3,(H,13,15);3-5H,1H2,2H3;2*1-2H/b;5-4-;;. The smallest absolute Gasteiger partial charge is 0.267 e. The third-order valence-corrected chi connectivity index (χ3v) is 3.22. The largest absolute Gasteiger partial charge is 0.354 e. The lowest BCUT2D eigenvalue weighted by Gasteiger charge is -2.08. The molecule has 3 nitrogen and oxygen atoms in total. The molecule has 1 heterocycles. The molecule has 0 fully saturated rings. The molecule has 1 amide bonds. The minimum atomic E-state index is 0.0336. The first-order valence-electron chi connectivity index (χ1n) is 8.12. The summed E-state index contributed by atoms with van der Waals surface area (Å²) in [5, 5.41) is 2.89. The average molecular weight is 326 g/mol. The predicted molar refractivity (Wildman–Crippen MR) is 105 cm³/mol. The van der Waals surface area contributed by atoms with E-state index in [0.29, 0.717) is 0 Å². The Hall–Kier alpha value is -2.65. The lowest BCUT2D eigenvalue weighted by Crippen LogP contribution is -2.24. The molecular weight excluding hydrogens is 296 g/mol. The predicted octanol–water partition coefficient (Wildman–Crippen LogP) is 4.28. The number of allylic oxidation sites excluding steroid dienone is 3. The van der Waals surface area contributed by atoms with Gasteiger partial charge < -0.3 is 10.3 Å². The van der Waals surface area contributed by atoms with Gasteiger partial charge in [-0.2, -0.15) is 0 Å². The van der Waals surface area contributed by atoms with E-state index in [-0.39, 0.29) is 5.91 Å². The second kappa shape index (κ2) is 16.7. The maximum atomic E-state index is 11.7. The molecule has 2 N–H and O–H groups in total. The van der Waals surface area contributed by atoms with Crippen LogP contribution in [0.15, 0.2) is 30.9 Å². The fourth-order valence-electron chi connectivity index (χ4n) is 2.20. The van der Waals surface area contributed by atoms with Crippen LogP contribution in [0.2, 0.25) is 0 Å². The summed E-state index contributed by atoms with van der Waals surface area (Å²) in [7, 11) is 0. The Kier molecular flexibility index (Phi) is 16.4. The van der Waals surface area contributed by atoms with E-state index in [1.165, 1.54) is 24.1 Å². The Bertz CT molecular complexity index is 503. The van der Waals surface area contributed by atoms with E-state index >= 15 is 0 Å². The number of rotatable bonds is 4. The number of carbonyl (C=O) groups excluding carboxylic acids is 1. The van der Waals surface area contributed by atoms with E-state index in [4.69, 9.17) is 0 Å². The molecular formula is C21H30N2O. The summed E-state index contributed by atoms with van der Waals surface area (Å²) in [6.45, 7) is 8.23. The second-order valence-electron chi connectivity index (χ2n) is 4.91. The summed E-state index contributed by atoms with van der Waals surface area (Å²) in [4.78, 5) is 14.9. The maximum absolute atomic E-state index is 11.7. The van der Waals surface area contributed by atoms with Gasteiger partial charge in [0.1, 0.15) is 5.69 Å². The molecule has 0 unspecified atom stereocenters. The van der Waals surface area contributed by atoms with Crippen molar-refractivity contribution in [2.75, 3.05) is 6.54 Å². The number of aryl methyl sites for hydroxylation is 2. The Balaban J connectivity index is 0. The second-order valence-corrected chi connectivity index (χ2v) is 4.91. The van der Waals surface area contributed by atoms with E-state index in [9.17, 15) is 4.79 Å². The molecule has 0 saturated carbocycles. The highest BCUT2D eigenvalue weighted by Crippen LogP contribution is 2.21. The summed E-state index contributed by atoms with van der Waals surface area (Å²) in [5.74, 6) is 0.0336. The number of carbonyl (C=O) groups is 1. The van der Waals surface area contributed by atoms with Crippen molar-refractivity contribution in [1.82, 2.24) is 10.3 Å². The van der Waals surface area contributed by atoms with Crippen LogP contribution in [-0.2, 0) is 12.8 Å². The molecule has 3 heteroatoms. The Labute approximate surface area is 147 Å². The Morgan fingerprint density at radius 2 is 1.92 bits per heavy atom. The highest BCUT2D eigenvalue weighted by atomic mass is 16.1. The molecule has 1 aliphatic carbocycles. The van der Waals surface area contributed by atoms with E-state index < -0.39 is 0 Å². The van der Waals surface area contributed by atoms with Crippen LogP contribution < -0.4 is 5.32 Å². The molecule has 2 rings (SSSR count). The molecule has 0 bridgehead atoms. The topological polar surface area (TPSA) is 44.9 Å². The number of H-pyrrole nitrogens is 1. The van der Waals surface area contributed by atoms with Gasteiger partial charge in [0.25, 0.3) is 5.91 Å². The number of amides is 1. The summed E-state index contributed by atoms with van der Waals surface area (Å²) in [6.07, 6.45) is 27.3. The van der Waals surface area contributed by atoms with Crippen molar-refractivity contribution in [3.63, 3.8) is 0 Å². The van der Waals surface area contributed by atoms with Crippen molar-refractivity contribution < 1.29 is 4.79 Å². The molecule has 0 spiro atoms. The zero-order chi connectivity index (χ0) is 18.8. The molecule has 1 aromatic heterocycles. The summed E-state index contributed by atoms with van der Waals surface area (Å²) in [5.41, 5.74) is 3.33. The first kappa shape index (κ1) is 23.6. The number of nitrogens with one attached hydrogen (secondary N) is 2. The van der Waals surface area contributed by atoms with Crippen LogP contribution in [0.4, 0.5) is 0 Å². The summed E-state index contributed by atoms with van der Waals surface area (Å²) >= 11 is 0. The fraction of sp³-hybridized carbons (Fsp3) is 0.381. The van der Waals surface area contributed by atoms with Crippen molar-refractivity contribution in [1.29, 1.82) is 0 Å². The van der Waals surface area contributed by atoms with Crippen LogP contribution in [0.1, 0.15) is 54.9 Å². The Morgan fingerprint density at radius 1 is 1.29 bits per heavy atom. The fourth-order valence-corrected chi connectivity index (χ4v) is 2.20. The SMILES string of the molecule is C#C.C#C.C=C/C=C\C.CCCNC(=O)c1cc2c([nH]1)CCCC2. The van der Waals surface area contributed by atoms with E-state index in [2.05, 4.69) is 49.5 Å². The quantitative estimate of drug-likeness (QED) is 0.629. The minimum absolute atomic E-state index is 0.0336. The van der Waals surface area contributed by atoms with Crippen molar-refractivity contribution in [3.05, 3.63) is 47.8 Å². The van der Waals surface area contributed by atoms with E-state index in [1.807, 2.05) is 25.1 Å². The third kappa shape index (κ3) is 9.38. The van der Waals surface area contributed by atoms with Gasteiger partial charge in [0.15, 0.2) is 0 Å². The molecule has 1 aliphatic rings. The van der Waals surface area contributed by atoms with Gasteiger partial charge in [-0.15, -0.1) is 25.7 Å². The molecule has 0 atom stereocenters. The van der Waals surface area contributed by atoms with Crippen LogP contribution in [0, 0.1) is 25.7 Å². The third-order valence-electron chi connectivity index (χ3n) is 3.22. The van der Waals surface area contributed by atoms with Crippen molar-refractivity contribution in [3.8, 4) is 25.7 Å². The van der Waals surface area contributed by atoms with Gasteiger partial charge in [0.2, 0.25) is 0 Å². The minimum Gasteiger partial charge on any atom is -0.354 e. The molecule has 1 aromatic rings. The molecule has 0 aliphatic heterocycles. The van der Waals surface area contributed by atoms with E-state index in [0.717, 1.165) is 31.5 Å². The Morgan fingerprint density at radius 3 is 2.38 bits per heavy atom. The van der Waals surface area contributed by atoms with Crippen molar-refractivity contribution in [2.24, 2.45) is 0 Å². The highest BCUT2D eigenvalue weighted by molar-refractivity contribution is 5.92. The van der Waals surface area contributed by atoms with Gasteiger partial charge in [0, 0.05) is 12.2 Å². The van der Waals surface area contributed by atoms with Crippen LogP contribution in [-0.4, -0.2) is 17.4 Å². The number of aromatic amines is 1. The van der Waals surface area contributed by atoms with Gasteiger partial charge in [-0.1, -0.05) is 31.7 Å². The zero-order valence-corrected chi connectivity index (χ0v) is 15.0. The number of hydrogen-bond acceptors (Lipinski definition) is 1. The normalized spacial score (nSPS) is 11.2. The average Bonchev–Trinajstić information content (AvgIpc) is 3.08. The van der Waals surface area contributed by atoms with Gasteiger partial charge in [0.05, 0.1) is 0 Å². The zero-order valence-electron chi connectivity index (χ0n) is 15.0. The maximum Gasteiger partial charge on any atom is 0.267 e. The number of hydrogen-bond donors (Lipinski definition) is 2. The molecule has 24 heavy (non-hydrogen) atoms.